The zero-order valence-corrected chi connectivity index (χ0v) is 25.7. The molecule has 0 bridgehead atoms. The highest BCUT2D eigenvalue weighted by Gasteiger charge is 1.96. The molecule has 0 aliphatic carbocycles. The predicted octanol–water partition coefficient (Wildman–Crippen LogP) is 5.96. The molecule has 0 aromatic heterocycles. The van der Waals surface area contributed by atoms with Crippen LogP contribution in [0.15, 0.2) is 48.5 Å². The van der Waals surface area contributed by atoms with E-state index in [4.69, 9.17) is 0 Å². The maximum absolute atomic E-state index is 9.28. The smallest absolute Gasteiger partial charge is 0.115 e. The molecule has 0 fully saturated rings. The van der Waals surface area contributed by atoms with Crippen LogP contribution in [0.4, 0.5) is 0 Å². The Morgan fingerprint density at radius 1 is 0.368 bits per heavy atom. The summed E-state index contributed by atoms with van der Waals surface area (Å²) in [6.07, 6.45) is 10.2. The molecule has 0 saturated heterocycles. The zero-order valence-electron chi connectivity index (χ0n) is 22.5. The first-order valence-electron chi connectivity index (χ1n) is 13.1. The van der Waals surface area contributed by atoms with Crippen LogP contribution in [0.5, 0.6) is 11.5 Å². The Kier molecular flexibility index (Phi) is 31.7. The van der Waals surface area contributed by atoms with Crippen LogP contribution >= 0.6 is 49.6 Å². The van der Waals surface area contributed by atoms with Crippen molar-refractivity contribution in [1.29, 1.82) is 0 Å². The molecule has 0 unspecified atom stereocenters. The summed E-state index contributed by atoms with van der Waals surface area (Å²) in [5.74, 6) is 0.646. The van der Waals surface area contributed by atoms with Crippen molar-refractivity contribution < 1.29 is 10.2 Å². The number of rotatable bonds is 21. The lowest BCUT2D eigenvalue weighted by Crippen LogP contribution is -2.22. The molecule has 10 heteroatoms. The first kappa shape index (κ1) is 41.5. The fourth-order valence-corrected chi connectivity index (χ4v) is 3.83. The van der Waals surface area contributed by atoms with E-state index in [9.17, 15) is 10.2 Å². The second kappa shape index (κ2) is 29.0. The van der Waals surface area contributed by atoms with Gasteiger partial charge in [-0.05, 0) is 100 Å². The van der Waals surface area contributed by atoms with Gasteiger partial charge in [-0.25, -0.2) is 0 Å². The Morgan fingerprint density at radius 2 is 0.658 bits per heavy atom. The van der Waals surface area contributed by atoms with Crippen molar-refractivity contribution >= 4 is 49.6 Å². The molecule has 0 spiro atoms. The lowest BCUT2D eigenvalue weighted by Gasteiger charge is -2.08. The van der Waals surface area contributed by atoms with E-state index in [1.807, 2.05) is 24.3 Å². The van der Waals surface area contributed by atoms with E-state index in [0.29, 0.717) is 11.5 Å². The number of phenols is 2. The number of phenolic OH excluding ortho intramolecular Hbond substituents is 2. The lowest BCUT2D eigenvalue weighted by atomic mass is 10.1. The molecular weight excluding hydrogens is 566 g/mol. The fraction of sp³-hybridized carbons (Fsp3) is 0.571. The van der Waals surface area contributed by atoms with Crippen molar-refractivity contribution in [2.24, 2.45) is 0 Å². The molecule has 2 aromatic rings. The summed E-state index contributed by atoms with van der Waals surface area (Å²) in [5, 5.41) is 32.5. The molecule has 0 heterocycles. The van der Waals surface area contributed by atoms with Crippen LogP contribution in [0.3, 0.4) is 0 Å². The summed E-state index contributed by atoms with van der Waals surface area (Å²) in [6, 6.07) is 14.8. The first-order valence-corrected chi connectivity index (χ1v) is 13.1. The number of aromatic hydroxyl groups is 2. The van der Waals surface area contributed by atoms with E-state index in [1.165, 1.54) is 49.7 Å². The van der Waals surface area contributed by atoms with E-state index in [2.05, 4.69) is 21.3 Å². The highest BCUT2D eigenvalue weighted by Crippen LogP contribution is 2.10. The van der Waals surface area contributed by atoms with Crippen molar-refractivity contribution in [3.63, 3.8) is 0 Å². The molecule has 0 radical (unpaired) electrons. The summed E-state index contributed by atoms with van der Waals surface area (Å²) in [7, 11) is 0. The van der Waals surface area contributed by atoms with E-state index < -0.39 is 0 Å². The van der Waals surface area contributed by atoms with Crippen LogP contribution in [0.25, 0.3) is 0 Å². The van der Waals surface area contributed by atoms with Crippen molar-refractivity contribution in [2.75, 3.05) is 39.3 Å². The average molecular weight is 617 g/mol. The second-order valence-electron chi connectivity index (χ2n) is 9.01. The maximum atomic E-state index is 9.28. The molecule has 2 aromatic carbocycles. The molecule has 0 saturated carbocycles. The maximum Gasteiger partial charge on any atom is 0.115 e. The number of unbranched alkanes of at least 4 members (excludes halogenated alkanes) is 5. The van der Waals surface area contributed by atoms with E-state index in [1.54, 1.807) is 24.3 Å². The molecule has 6 nitrogen and oxygen atoms in total. The van der Waals surface area contributed by atoms with Gasteiger partial charge >= 0.3 is 0 Å². The van der Waals surface area contributed by atoms with E-state index >= 15 is 0 Å². The van der Waals surface area contributed by atoms with Gasteiger partial charge in [0.05, 0.1) is 0 Å². The minimum absolute atomic E-state index is 0. The highest BCUT2D eigenvalue weighted by atomic mass is 35.5. The molecule has 6 N–H and O–H groups in total. The normalized spacial score (nSPS) is 10.0. The van der Waals surface area contributed by atoms with Gasteiger partial charge in [-0.3, -0.25) is 0 Å². The van der Waals surface area contributed by atoms with Crippen LogP contribution in [0, 0.1) is 0 Å². The predicted molar refractivity (Wildman–Crippen MR) is 171 cm³/mol. The third-order valence-corrected chi connectivity index (χ3v) is 5.90. The molecule has 0 amide bonds. The summed E-state index contributed by atoms with van der Waals surface area (Å²) in [5.41, 5.74) is 2.41. The van der Waals surface area contributed by atoms with Crippen molar-refractivity contribution in [3.8, 4) is 11.5 Å². The van der Waals surface area contributed by atoms with Gasteiger partial charge in [-0.15, -0.1) is 49.6 Å². The standard InChI is InChI=1S/C28H46N4O2.4ClH/c33-27-13-9-25(10-14-27)23-31-21-7-19-29-17-5-3-1-2-4-6-18-30-20-8-22-32-24-26-11-15-28(34)16-12-26;;;;/h9-16,29-34H,1-8,17-24H2;4*1H. The topological polar surface area (TPSA) is 88.6 Å². The van der Waals surface area contributed by atoms with Crippen LogP contribution in [-0.4, -0.2) is 49.5 Å². The monoisotopic (exact) mass is 614 g/mol. The Balaban J connectivity index is -0.00000306. The third-order valence-electron chi connectivity index (χ3n) is 5.90. The first-order chi connectivity index (χ1) is 16.7. The largest absolute Gasteiger partial charge is 0.508 e. The van der Waals surface area contributed by atoms with Gasteiger partial charge < -0.3 is 31.5 Å². The quantitative estimate of drug-likeness (QED) is 0.0971. The summed E-state index contributed by atoms with van der Waals surface area (Å²) in [6.45, 7) is 8.13. The Labute approximate surface area is 255 Å². The fourth-order valence-electron chi connectivity index (χ4n) is 3.83. The van der Waals surface area contributed by atoms with Crippen LogP contribution in [0.1, 0.15) is 62.5 Å². The molecular formula is C28H50Cl4N4O2. The minimum atomic E-state index is 0. The molecule has 222 valence electrons. The summed E-state index contributed by atoms with van der Waals surface area (Å²) in [4.78, 5) is 0. The SMILES string of the molecule is Cl.Cl.Cl.Cl.Oc1ccc(CNCCCNCCCCCCCCNCCCNCc2ccc(O)cc2)cc1. The van der Waals surface area contributed by atoms with Gasteiger partial charge in [0.15, 0.2) is 0 Å². The molecule has 38 heavy (non-hydrogen) atoms. The average Bonchev–Trinajstić information content (AvgIpc) is 2.85. The van der Waals surface area contributed by atoms with E-state index in [-0.39, 0.29) is 49.6 Å². The number of nitrogens with one attached hydrogen (secondary N) is 4. The number of halogens is 4. The van der Waals surface area contributed by atoms with Crippen molar-refractivity contribution in [3.05, 3.63) is 59.7 Å². The van der Waals surface area contributed by atoms with Crippen LogP contribution in [0.2, 0.25) is 0 Å². The summed E-state index contributed by atoms with van der Waals surface area (Å²) < 4.78 is 0. The molecule has 0 aliphatic rings. The van der Waals surface area contributed by atoms with Gasteiger partial charge in [0.2, 0.25) is 0 Å². The Morgan fingerprint density at radius 3 is 1.03 bits per heavy atom. The Hall–Kier alpha value is -0.960. The summed E-state index contributed by atoms with van der Waals surface area (Å²) >= 11 is 0. The highest BCUT2D eigenvalue weighted by molar-refractivity contribution is 5.86. The lowest BCUT2D eigenvalue weighted by molar-refractivity contribution is 0.474. The van der Waals surface area contributed by atoms with Gasteiger partial charge in [0, 0.05) is 13.1 Å². The van der Waals surface area contributed by atoms with Crippen LogP contribution in [-0.2, 0) is 13.1 Å². The third kappa shape index (κ3) is 23.0. The van der Waals surface area contributed by atoms with Gasteiger partial charge in [0.25, 0.3) is 0 Å². The van der Waals surface area contributed by atoms with Crippen molar-refractivity contribution in [2.45, 2.75) is 64.5 Å². The molecule has 0 aliphatic heterocycles. The van der Waals surface area contributed by atoms with Gasteiger partial charge in [0.1, 0.15) is 11.5 Å². The van der Waals surface area contributed by atoms with Crippen molar-refractivity contribution in [1.82, 2.24) is 21.3 Å². The minimum Gasteiger partial charge on any atom is -0.508 e. The number of benzene rings is 2. The molecule has 2 rings (SSSR count). The zero-order chi connectivity index (χ0) is 24.1. The second-order valence-corrected chi connectivity index (χ2v) is 9.01. The number of hydrogen-bond acceptors (Lipinski definition) is 6. The number of hydrogen-bond donors (Lipinski definition) is 6. The van der Waals surface area contributed by atoms with Gasteiger partial charge in [-0.2, -0.15) is 0 Å². The van der Waals surface area contributed by atoms with E-state index in [0.717, 1.165) is 65.2 Å². The molecule has 0 atom stereocenters. The van der Waals surface area contributed by atoms with Gasteiger partial charge in [-0.1, -0.05) is 49.9 Å². The Bertz CT molecular complexity index is 677. The van der Waals surface area contributed by atoms with Crippen LogP contribution < -0.4 is 21.3 Å².